The lowest BCUT2D eigenvalue weighted by Gasteiger charge is -2.19. The molecule has 9 nitrogen and oxygen atoms in total. The number of esters is 3. The Bertz CT molecular complexity index is 1100. The van der Waals surface area contributed by atoms with Gasteiger partial charge in [0.15, 0.2) is 0 Å². The van der Waals surface area contributed by atoms with E-state index in [1.54, 1.807) is 47.6 Å². The van der Waals surface area contributed by atoms with Crippen molar-refractivity contribution >= 4 is 29.4 Å². The molecule has 190 valence electrons. The number of carbonyl (C=O) groups excluding carboxylic acids is 4. The predicted molar refractivity (Wildman–Crippen MR) is 130 cm³/mol. The van der Waals surface area contributed by atoms with Gasteiger partial charge in [0.2, 0.25) is 5.91 Å². The van der Waals surface area contributed by atoms with Gasteiger partial charge >= 0.3 is 17.9 Å². The molecule has 1 amide bonds. The van der Waals surface area contributed by atoms with Crippen molar-refractivity contribution in [1.29, 1.82) is 0 Å². The third-order valence-electron chi connectivity index (χ3n) is 5.53. The summed E-state index contributed by atoms with van der Waals surface area (Å²) in [6.45, 7) is 14.0. The maximum atomic E-state index is 13.2. The topological polar surface area (TPSA) is 124 Å². The van der Waals surface area contributed by atoms with Crippen LogP contribution in [0.5, 0.6) is 0 Å². The number of ether oxygens (including phenoxy) is 3. The number of hydrogen-bond donors (Lipinski definition) is 2. The molecule has 1 fully saturated rings. The highest BCUT2D eigenvalue weighted by Gasteiger charge is 2.36. The van der Waals surface area contributed by atoms with Gasteiger partial charge < -0.3 is 24.5 Å². The van der Waals surface area contributed by atoms with Crippen LogP contribution in [-0.2, 0) is 35.0 Å². The van der Waals surface area contributed by atoms with E-state index in [0.29, 0.717) is 28.1 Å². The van der Waals surface area contributed by atoms with E-state index in [1.807, 2.05) is 0 Å². The summed E-state index contributed by atoms with van der Waals surface area (Å²) >= 11 is 0. The highest BCUT2D eigenvalue weighted by atomic mass is 16.6. The summed E-state index contributed by atoms with van der Waals surface area (Å²) in [6, 6.07) is 0. The van der Waals surface area contributed by atoms with Gasteiger partial charge in [0.1, 0.15) is 23.5 Å². The van der Waals surface area contributed by atoms with Gasteiger partial charge in [0.05, 0.1) is 24.4 Å². The smallest absolute Gasteiger partial charge is 0.355 e. The van der Waals surface area contributed by atoms with Gasteiger partial charge in [-0.15, -0.1) is 0 Å². The Labute approximate surface area is 205 Å². The van der Waals surface area contributed by atoms with Crippen LogP contribution >= 0.6 is 0 Å². The van der Waals surface area contributed by atoms with Gasteiger partial charge in [0, 0.05) is 6.42 Å². The molecule has 1 aromatic rings. The normalized spacial score (nSPS) is 18.2. The first kappa shape index (κ1) is 27.6. The minimum atomic E-state index is -0.771. The van der Waals surface area contributed by atoms with E-state index in [0.717, 1.165) is 0 Å². The van der Waals surface area contributed by atoms with E-state index < -0.39 is 29.4 Å². The van der Waals surface area contributed by atoms with E-state index in [4.69, 9.17) is 14.2 Å². The second-order valence-electron chi connectivity index (χ2n) is 9.15. The van der Waals surface area contributed by atoms with Crippen LogP contribution in [0.25, 0.3) is 5.57 Å². The highest BCUT2D eigenvalue weighted by Crippen LogP contribution is 2.35. The first-order valence-electron chi connectivity index (χ1n) is 11.4. The Hall–Kier alpha value is -3.62. The molecule has 2 N–H and O–H groups in total. The van der Waals surface area contributed by atoms with Crippen molar-refractivity contribution < 1.29 is 33.4 Å². The molecule has 0 aromatic carbocycles. The average molecular weight is 487 g/mol. The fraction of sp³-hybridized carbons (Fsp3) is 0.462. The molecule has 1 aromatic heterocycles. The van der Waals surface area contributed by atoms with Crippen LogP contribution in [0.1, 0.15) is 68.3 Å². The molecule has 1 unspecified atom stereocenters. The number of rotatable bonds is 8. The number of H-pyrrole nitrogens is 1. The maximum Gasteiger partial charge on any atom is 0.355 e. The maximum absolute atomic E-state index is 13.2. The van der Waals surface area contributed by atoms with Crippen molar-refractivity contribution in [3.05, 3.63) is 52.5 Å². The van der Waals surface area contributed by atoms with Crippen molar-refractivity contribution in [2.24, 2.45) is 5.92 Å². The van der Waals surface area contributed by atoms with Crippen molar-refractivity contribution in [2.75, 3.05) is 13.7 Å². The number of nitrogens with one attached hydrogen (secondary N) is 2. The predicted octanol–water partition coefficient (Wildman–Crippen LogP) is 3.54. The molecule has 0 aliphatic carbocycles. The van der Waals surface area contributed by atoms with Crippen LogP contribution in [0.15, 0.2) is 30.0 Å². The summed E-state index contributed by atoms with van der Waals surface area (Å²) in [5.41, 5.74) is 1.71. The number of hydrogen-bond acceptors (Lipinski definition) is 7. The van der Waals surface area contributed by atoms with Crippen molar-refractivity contribution in [2.45, 2.75) is 60.0 Å². The van der Waals surface area contributed by atoms with Crippen molar-refractivity contribution in [3.8, 4) is 0 Å². The average Bonchev–Trinajstić information content (AvgIpc) is 3.25. The zero-order valence-electron chi connectivity index (χ0n) is 21.4. The van der Waals surface area contributed by atoms with Gasteiger partial charge in [-0.3, -0.25) is 9.59 Å². The molecule has 2 rings (SSSR count). The van der Waals surface area contributed by atoms with E-state index in [-0.39, 0.29) is 36.6 Å². The number of carbonyl (C=O) groups is 4. The van der Waals surface area contributed by atoms with Gasteiger partial charge in [-0.05, 0) is 64.7 Å². The van der Waals surface area contributed by atoms with Crippen LogP contribution in [-0.4, -0.2) is 48.1 Å². The summed E-state index contributed by atoms with van der Waals surface area (Å²) in [5.74, 6) is -2.51. The van der Waals surface area contributed by atoms with E-state index in [2.05, 4.69) is 16.9 Å². The number of amides is 1. The molecule has 0 radical (unpaired) electrons. The summed E-state index contributed by atoms with van der Waals surface area (Å²) in [7, 11) is 1.28. The van der Waals surface area contributed by atoms with Gasteiger partial charge in [0.25, 0.3) is 0 Å². The zero-order chi connectivity index (χ0) is 26.5. The summed E-state index contributed by atoms with van der Waals surface area (Å²) in [5, 5.41) is 2.78. The number of allylic oxidation sites excluding steroid dienone is 2. The molecule has 1 aliphatic rings. The molecule has 0 saturated carbocycles. The molecule has 0 bridgehead atoms. The quantitative estimate of drug-likeness (QED) is 0.249. The van der Waals surface area contributed by atoms with Crippen LogP contribution in [0.2, 0.25) is 0 Å². The molecular formula is C26H34N2O7. The summed E-state index contributed by atoms with van der Waals surface area (Å²) in [6.07, 6.45) is 3.38. The highest BCUT2D eigenvalue weighted by molar-refractivity contribution is 6.20. The Kier molecular flexibility index (Phi) is 8.84. The molecule has 0 spiro atoms. The Balaban J connectivity index is 2.78. The Morgan fingerprint density at radius 3 is 2.37 bits per heavy atom. The van der Waals surface area contributed by atoms with E-state index in [9.17, 15) is 19.2 Å². The fourth-order valence-corrected chi connectivity index (χ4v) is 3.83. The number of methoxy groups -OCH3 is 1. The Morgan fingerprint density at radius 1 is 1.17 bits per heavy atom. The third kappa shape index (κ3) is 6.29. The van der Waals surface area contributed by atoms with E-state index in [1.165, 1.54) is 13.2 Å². The SMILES string of the molecule is C=CCOC(=O)/C(=C1/NC(=O)C(C)/C1=C\C)c1[nH]c(C(=O)OC(C)(C)C)c(CCC(=O)OC)c1C. The summed E-state index contributed by atoms with van der Waals surface area (Å²) in [4.78, 5) is 53.6. The minimum Gasteiger partial charge on any atom is -0.469 e. The lowest BCUT2D eigenvalue weighted by atomic mass is 9.95. The van der Waals surface area contributed by atoms with E-state index >= 15 is 0 Å². The van der Waals surface area contributed by atoms with Crippen LogP contribution in [0.4, 0.5) is 0 Å². The lowest BCUT2D eigenvalue weighted by Crippen LogP contribution is -2.25. The lowest BCUT2D eigenvalue weighted by molar-refractivity contribution is -0.140. The standard InChI is InChI=1S/C26H34N2O7/c1-9-13-34-24(31)19(21-16(10-2)15(4)23(30)28-21)20-14(3)17(11-12-18(29)33-8)22(27-20)25(32)35-26(5,6)7/h9-10,15,27H,1,11-13H2,2-8H3,(H,28,30)/b16-10+,21-19+. The monoisotopic (exact) mass is 486 g/mol. The first-order valence-corrected chi connectivity index (χ1v) is 11.4. The second-order valence-corrected chi connectivity index (χ2v) is 9.15. The first-order chi connectivity index (χ1) is 16.4. The molecule has 1 aliphatic heterocycles. The minimum absolute atomic E-state index is 0.0190. The molecule has 9 heteroatoms. The van der Waals surface area contributed by atoms with Crippen LogP contribution in [0, 0.1) is 12.8 Å². The number of aromatic amines is 1. The van der Waals surface area contributed by atoms with Gasteiger partial charge in [-0.25, -0.2) is 9.59 Å². The zero-order valence-corrected chi connectivity index (χ0v) is 21.4. The molecule has 2 heterocycles. The molecule has 35 heavy (non-hydrogen) atoms. The molecule has 1 saturated heterocycles. The number of aromatic nitrogens is 1. The van der Waals surface area contributed by atoms with Gasteiger partial charge in [-0.2, -0.15) is 0 Å². The molecular weight excluding hydrogens is 452 g/mol. The van der Waals surface area contributed by atoms with Crippen molar-refractivity contribution in [1.82, 2.24) is 10.3 Å². The van der Waals surface area contributed by atoms with Crippen LogP contribution < -0.4 is 5.32 Å². The third-order valence-corrected chi connectivity index (χ3v) is 5.53. The van der Waals surface area contributed by atoms with Crippen molar-refractivity contribution in [3.63, 3.8) is 0 Å². The Morgan fingerprint density at radius 2 is 1.83 bits per heavy atom. The summed E-state index contributed by atoms with van der Waals surface area (Å²) < 4.78 is 15.7. The van der Waals surface area contributed by atoms with Crippen LogP contribution in [0.3, 0.4) is 0 Å². The fourth-order valence-electron chi connectivity index (χ4n) is 3.83. The molecule has 1 atom stereocenters. The second kappa shape index (κ2) is 11.2. The van der Waals surface area contributed by atoms with Gasteiger partial charge in [-0.1, -0.05) is 18.7 Å². The largest absolute Gasteiger partial charge is 0.469 e.